The van der Waals surface area contributed by atoms with Crippen molar-refractivity contribution in [3.63, 3.8) is 0 Å². The standard InChI is InChI=1S/C15H15N3O6S/c1-10-3-5-11(6-4-10)15(19)16-17-25(22,23)12-7-8-14(24-2)13(9-12)18(20)21/h3-9,17H,1-2H3,(H,16,19). The predicted molar refractivity (Wildman–Crippen MR) is 88.6 cm³/mol. The number of carbonyl (C=O) groups excluding carboxylic acids is 1. The highest BCUT2D eigenvalue weighted by molar-refractivity contribution is 7.89. The lowest BCUT2D eigenvalue weighted by molar-refractivity contribution is -0.386. The van der Waals surface area contributed by atoms with Crippen LogP contribution in [0, 0.1) is 17.0 Å². The molecule has 0 heterocycles. The Morgan fingerprint density at radius 2 is 1.80 bits per heavy atom. The summed E-state index contributed by atoms with van der Waals surface area (Å²) in [5.74, 6) is -0.737. The molecule has 0 aromatic heterocycles. The van der Waals surface area contributed by atoms with Crippen LogP contribution in [0.3, 0.4) is 0 Å². The van der Waals surface area contributed by atoms with Crippen LogP contribution in [0.2, 0.25) is 0 Å². The Kier molecular flexibility index (Phi) is 5.35. The number of nitrogens with one attached hydrogen (secondary N) is 2. The van der Waals surface area contributed by atoms with E-state index in [2.05, 4.69) is 5.43 Å². The van der Waals surface area contributed by atoms with Gasteiger partial charge in [-0.2, -0.15) is 0 Å². The van der Waals surface area contributed by atoms with Crippen LogP contribution in [-0.4, -0.2) is 26.4 Å². The van der Waals surface area contributed by atoms with E-state index < -0.39 is 26.5 Å². The van der Waals surface area contributed by atoms with Gasteiger partial charge in [0.2, 0.25) is 0 Å². The van der Waals surface area contributed by atoms with Crippen molar-refractivity contribution >= 4 is 21.6 Å². The summed E-state index contributed by atoms with van der Waals surface area (Å²) in [6.07, 6.45) is 0. The molecule has 2 N–H and O–H groups in total. The lowest BCUT2D eigenvalue weighted by atomic mass is 10.1. The highest BCUT2D eigenvalue weighted by atomic mass is 32.2. The summed E-state index contributed by atoms with van der Waals surface area (Å²) in [6.45, 7) is 1.85. The van der Waals surface area contributed by atoms with E-state index in [0.29, 0.717) is 0 Å². The van der Waals surface area contributed by atoms with Gasteiger partial charge in [0.25, 0.3) is 15.9 Å². The van der Waals surface area contributed by atoms with Gasteiger partial charge in [-0.1, -0.05) is 17.7 Å². The number of nitro benzene ring substituents is 1. The normalized spacial score (nSPS) is 11.0. The molecule has 0 saturated carbocycles. The van der Waals surface area contributed by atoms with Crippen molar-refractivity contribution < 1.29 is 22.9 Å². The molecule has 0 unspecified atom stereocenters. The zero-order valence-corrected chi connectivity index (χ0v) is 14.2. The first kappa shape index (κ1) is 18.4. The van der Waals surface area contributed by atoms with Crippen LogP contribution in [0.15, 0.2) is 47.4 Å². The van der Waals surface area contributed by atoms with Crippen LogP contribution >= 0.6 is 0 Å². The van der Waals surface area contributed by atoms with Gasteiger partial charge in [0.05, 0.1) is 16.9 Å². The molecule has 2 rings (SSSR count). The molecule has 10 heteroatoms. The Bertz CT molecular complexity index is 909. The summed E-state index contributed by atoms with van der Waals surface area (Å²) in [4.78, 5) is 23.7. The Morgan fingerprint density at radius 3 is 2.36 bits per heavy atom. The number of hydrazine groups is 1. The number of hydrogen-bond donors (Lipinski definition) is 2. The third kappa shape index (κ3) is 4.31. The smallest absolute Gasteiger partial charge is 0.312 e. The first-order valence-electron chi connectivity index (χ1n) is 6.96. The highest BCUT2D eigenvalue weighted by Gasteiger charge is 2.22. The summed E-state index contributed by atoms with van der Waals surface area (Å²) in [6, 6.07) is 9.63. The number of benzene rings is 2. The molecule has 2 aromatic rings. The van der Waals surface area contributed by atoms with Gasteiger partial charge in [-0.25, -0.2) is 8.42 Å². The summed E-state index contributed by atoms with van der Waals surface area (Å²) in [5.41, 5.74) is 2.76. The summed E-state index contributed by atoms with van der Waals surface area (Å²) in [5, 5.41) is 11.0. The van der Waals surface area contributed by atoms with Gasteiger partial charge in [0, 0.05) is 11.6 Å². The lowest BCUT2D eigenvalue weighted by Gasteiger charge is -2.09. The fourth-order valence-electron chi connectivity index (χ4n) is 1.93. The van der Waals surface area contributed by atoms with E-state index in [0.717, 1.165) is 23.8 Å². The summed E-state index contributed by atoms with van der Waals surface area (Å²) < 4.78 is 29.2. The molecule has 0 bridgehead atoms. The molecule has 9 nitrogen and oxygen atoms in total. The predicted octanol–water partition coefficient (Wildman–Crippen LogP) is 1.54. The van der Waals surface area contributed by atoms with Gasteiger partial charge in [-0.15, -0.1) is 4.83 Å². The molecule has 0 aliphatic carbocycles. The number of sulfonamides is 1. The molecule has 0 atom stereocenters. The number of ether oxygens (including phenoxy) is 1. The number of aryl methyl sites for hydroxylation is 1. The van der Waals surface area contributed by atoms with Crippen LogP contribution in [0.1, 0.15) is 15.9 Å². The third-order valence-corrected chi connectivity index (χ3v) is 4.52. The van der Waals surface area contributed by atoms with Gasteiger partial charge in [-0.3, -0.25) is 20.3 Å². The molecule has 0 radical (unpaired) electrons. The molecule has 0 fully saturated rings. The second-order valence-electron chi connectivity index (χ2n) is 5.02. The van der Waals surface area contributed by atoms with Crippen molar-refractivity contribution in [3.05, 3.63) is 63.7 Å². The van der Waals surface area contributed by atoms with Crippen LogP contribution < -0.4 is 15.0 Å². The van der Waals surface area contributed by atoms with Crippen LogP contribution in [0.5, 0.6) is 5.75 Å². The van der Waals surface area contributed by atoms with Crippen molar-refractivity contribution in [1.29, 1.82) is 0 Å². The number of nitrogens with zero attached hydrogens (tertiary/aromatic N) is 1. The Morgan fingerprint density at radius 1 is 1.16 bits per heavy atom. The second-order valence-corrected chi connectivity index (χ2v) is 6.70. The van der Waals surface area contributed by atoms with E-state index >= 15 is 0 Å². The van der Waals surface area contributed by atoms with Gasteiger partial charge in [-0.05, 0) is 31.2 Å². The molecule has 0 aliphatic heterocycles. The van der Waals surface area contributed by atoms with Crippen LogP contribution in [-0.2, 0) is 10.0 Å². The Labute approximate surface area is 143 Å². The van der Waals surface area contributed by atoms with Crippen molar-refractivity contribution in [2.24, 2.45) is 0 Å². The van der Waals surface area contributed by atoms with Crippen molar-refractivity contribution in [2.75, 3.05) is 7.11 Å². The van der Waals surface area contributed by atoms with E-state index in [4.69, 9.17) is 4.74 Å². The molecule has 0 saturated heterocycles. The maximum Gasteiger partial charge on any atom is 0.312 e. The number of amides is 1. The molecular weight excluding hydrogens is 350 g/mol. The quantitative estimate of drug-likeness (QED) is 0.590. The first-order chi connectivity index (χ1) is 11.7. The second kappa shape index (κ2) is 7.28. The molecule has 25 heavy (non-hydrogen) atoms. The number of nitro groups is 1. The zero-order valence-electron chi connectivity index (χ0n) is 13.3. The highest BCUT2D eigenvalue weighted by Crippen LogP contribution is 2.29. The molecule has 132 valence electrons. The maximum absolute atomic E-state index is 12.2. The monoisotopic (exact) mass is 365 g/mol. The van der Waals surface area contributed by atoms with Gasteiger partial charge in [0.15, 0.2) is 5.75 Å². The van der Waals surface area contributed by atoms with Crippen molar-refractivity contribution in [2.45, 2.75) is 11.8 Å². The minimum absolute atomic E-state index is 0.0763. The zero-order chi connectivity index (χ0) is 18.6. The van der Waals surface area contributed by atoms with E-state index in [1.807, 2.05) is 11.8 Å². The van der Waals surface area contributed by atoms with E-state index in [1.165, 1.54) is 19.2 Å². The first-order valence-corrected chi connectivity index (χ1v) is 8.44. The SMILES string of the molecule is COc1ccc(S(=O)(=O)NNC(=O)c2ccc(C)cc2)cc1[N+](=O)[O-]. The average molecular weight is 365 g/mol. The van der Waals surface area contributed by atoms with Crippen molar-refractivity contribution in [3.8, 4) is 5.75 Å². The van der Waals surface area contributed by atoms with Crippen molar-refractivity contribution in [1.82, 2.24) is 10.3 Å². The number of hydrogen-bond acceptors (Lipinski definition) is 6. The van der Waals surface area contributed by atoms with Gasteiger partial charge in [0.1, 0.15) is 0 Å². The third-order valence-electron chi connectivity index (χ3n) is 3.27. The van der Waals surface area contributed by atoms with Crippen LogP contribution in [0.25, 0.3) is 0 Å². The topological polar surface area (TPSA) is 128 Å². The molecule has 2 aromatic carbocycles. The summed E-state index contributed by atoms with van der Waals surface area (Å²) >= 11 is 0. The molecule has 0 aliphatic rings. The largest absolute Gasteiger partial charge is 0.490 e. The molecule has 1 amide bonds. The average Bonchev–Trinajstić information content (AvgIpc) is 2.59. The van der Waals surface area contributed by atoms with E-state index in [-0.39, 0.29) is 16.2 Å². The lowest BCUT2D eigenvalue weighted by Crippen LogP contribution is -2.41. The maximum atomic E-state index is 12.2. The minimum Gasteiger partial charge on any atom is -0.490 e. The van der Waals surface area contributed by atoms with Gasteiger partial charge < -0.3 is 4.74 Å². The van der Waals surface area contributed by atoms with E-state index in [9.17, 15) is 23.3 Å². The van der Waals surface area contributed by atoms with E-state index in [1.54, 1.807) is 12.1 Å². The Hall–Kier alpha value is -2.98. The fraction of sp³-hybridized carbons (Fsp3) is 0.133. The number of methoxy groups -OCH3 is 1. The number of carbonyl (C=O) groups is 1. The molecular formula is C15H15N3O6S. The molecule has 0 spiro atoms. The number of rotatable bonds is 6. The minimum atomic E-state index is -4.19. The van der Waals surface area contributed by atoms with Gasteiger partial charge >= 0.3 is 5.69 Å². The van der Waals surface area contributed by atoms with Crippen LogP contribution in [0.4, 0.5) is 5.69 Å². The Balaban J connectivity index is 2.19. The fourth-order valence-corrected chi connectivity index (χ4v) is 2.79. The summed E-state index contributed by atoms with van der Waals surface area (Å²) in [7, 11) is -2.96.